The molecular weight excluding hydrogens is 215 g/mol. The molecule has 0 nitrogen and oxygen atoms in total. The molecule has 1 unspecified atom stereocenters. The topological polar surface area (TPSA) is 0 Å². The maximum Gasteiger partial charge on any atom is 0.453 e. The van der Waals surface area contributed by atoms with E-state index in [1.807, 2.05) is 0 Å². The molecule has 0 radical (unpaired) electrons. The van der Waals surface area contributed by atoms with Crippen molar-refractivity contribution in [2.24, 2.45) is 17.8 Å². The highest BCUT2D eigenvalue weighted by Gasteiger charge is 2.64. The molecule has 1 aliphatic carbocycles. The van der Waals surface area contributed by atoms with Crippen LogP contribution in [0.2, 0.25) is 0 Å². The third-order valence-corrected chi connectivity index (χ3v) is 3.34. The van der Waals surface area contributed by atoms with Crippen LogP contribution in [0.15, 0.2) is 0 Å². The van der Waals surface area contributed by atoms with Crippen LogP contribution in [0, 0.1) is 17.8 Å². The fourth-order valence-corrected chi connectivity index (χ4v) is 2.59. The average molecular weight is 230 g/mol. The van der Waals surface area contributed by atoms with E-state index in [1.54, 1.807) is 0 Å². The molecule has 0 aromatic heterocycles. The molecule has 1 aliphatic rings. The summed E-state index contributed by atoms with van der Waals surface area (Å²) in [7, 11) is 0. The van der Waals surface area contributed by atoms with Gasteiger partial charge < -0.3 is 0 Å². The summed E-state index contributed by atoms with van der Waals surface area (Å²) in [5.74, 6) is -7.24. The van der Waals surface area contributed by atoms with Gasteiger partial charge in [0.2, 0.25) is 0 Å². The highest BCUT2D eigenvalue weighted by Crippen LogP contribution is 2.50. The number of alkyl halides is 5. The molecule has 15 heavy (non-hydrogen) atoms. The Morgan fingerprint density at radius 1 is 0.867 bits per heavy atom. The fourth-order valence-electron chi connectivity index (χ4n) is 2.59. The van der Waals surface area contributed by atoms with Gasteiger partial charge in [0.25, 0.3) is 0 Å². The molecule has 0 aromatic rings. The van der Waals surface area contributed by atoms with E-state index in [1.165, 1.54) is 13.8 Å². The molecule has 1 rings (SSSR count). The molecule has 0 bridgehead atoms. The highest BCUT2D eigenvalue weighted by molar-refractivity contribution is 4.92. The summed E-state index contributed by atoms with van der Waals surface area (Å²) >= 11 is 0. The molecule has 90 valence electrons. The summed E-state index contributed by atoms with van der Waals surface area (Å²) in [6.07, 6.45) is -3.76. The van der Waals surface area contributed by atoms with Gasteiger partial charge >= 0.3 is 12.1 Å². The first-order chi connectivity index (χ1) is 6.68. The zero-order valence-electron chi connectivity index (χ0n) is 8.74. The van der Waals surface area contributed by atoms with Crippen molar-refractivity contribution in [3.8, 4) is 0 Å². The summed E-state index contributed by atoms with van der Waals surface area (Å²) in [6, 6.07) is 0. The Morgan fingerprint density at radius 2 is 1.27 bits per heavy atom. The van der Waals surface area contributed by atoms with Crippen LogP contribution in [0.25, 0.3) is 0 Å². The molecule has 0 amide bonds. The Balaban J connectivity index is 2.92. The van der Waals surface area contributed by atoms with Crippen molar-refractivity contribution in [1.29, 1.82) is 0 Å². The van der Waals surface area contributed by atoms with E-state index in [2.05, 4.69) is 0 Å². The molecule has 0 saturated heterocycles. The first kappa shape index (κ1) is 12.7. The van der Waals surface area contributed by atoms with Crippen molar-refractivity contribution in [2.45, 2.75) is 45.2 Å². The smallest absolute Gasteiger partial charge is 0.196 e. The number of rotatable bonds is 1. The van der Waals surface area contributed by atoms with Gasteiger partial charge in [0.15, 0.2) is 0 Å². The molecule has 1 fully saturated rings. The minimum atomic E-state index is -5.42. The Hall–Kier alpha value is -0.350. The minimum Gasteiger partial charge on any atom is -0.196 e. The fraction of sp³-hybridized carbons (Fsp3) is 1.00. The lowest BCUT2D eigenvalue weighted by Crippen LogP contribution is -2.49. The van der Waals surface area contributed by atoms with E-state index in [4.69, 9.17) is 0 Å². The summed E-state index contributed by atoms with van der Waals surface area (Å²) in [4.78, 5) is 0. The largest absolute Gasteiger partial charge is 0.453 e. The zero-order chi connectivity index (χ0) is 11.9. The lowest BCUT2D eigenvalue weighted by molar-refractivity contribution is -0.316. The number of hydrogen-bond donors (Lipinski definition) is 0. The van der Waals surface area contributed by atoms with Crippen molar-refractivity contribution in [3.05, 3.63) is 0 Å². The Kier molecular flexibility index (Phi) is 3.31. The van der Waals surface area contributed by atoms with E-state index >= 15 is 0 Å². The van der Waals surface area contributed by atoms with Crippen LogP contribution in [-0.2, 0) is 0 Å². The maximum atomic E-state index is 13.2. The van der Waals surface area contributed by atoms with Gasteiger partial charge in [-0.1, -0.05) is 33.1 Å². The lowest BCUT2D eigenvalue weighted by Gasteiger charge is -2.40. The van der Waals surface area contributed by atoms with Crippen LogP contribution in [0.1, 0.15) is 33.1 Å². The van der Waals surface area contributed by atoms with Crippen LogP contribution in [-0.4, -0.2) is 12.1 Å². The minimum absolute atomic E-state index is 0.459. The Labute approximate surface area is 85.8 Å². The molecule has 5 heteroatoms. The standard InChI is InChI=1S/C10H15F5/c1-6-4-3-5-7(2)8(6)9(11,12)10(13,14)15/h6-8H,3-5H2,1-2H3/t6-,7+,8?. The van der Waals surface area contributed by atoms with Crippen molar-refractivity contribution in [3.63, 3.8) is 0 Å². The summed E-state index contributed by atoms with van der Waals surface area (Å²) in [6.45, 7) is 2.97. The molecule has 0 aromatic carbocycles. The second kappa shape index (κ2) is 3.91. The Bertz CT molecular complexity index is 210. The molecule has 0 aliphatic heterocycles. The summed E-state index contributed by atoms with van der Waals surface area (Å²) < 4.78 is 63.0. The Morgan fingerprint density at radius 3 is 1.60 bits per heavy atom. The molecule has 1 saturated carbocycles. The van der Waals surface area contributed by atoms with E-state index in [0.717, 1.165) is 6.42 Å². The quantitative estimate of drug-likeness (QED) is 0.590. The van der Waals surface area contributed by atoms with Gasteiger partial charge in [0.1, 0.15) is 0 Å². The zero-order valence-corrected chi connectivity index (χ0v) is 8.74. The number of halogens is 5. The maximum absolute atomic E-state index is 13.2. The van der Waals surface area contributed by atoms with Crippen LogP contribution in [0.4, 0.5) is 22.0 Å². The van der Waals surface area contributed by atoms with Crippen molar-refractivity contribution < 1.29 is 22.0 Å². The van der Waals surface area contributed by atoms with Crippen LogP contribution < -0.4 is 0 Å². The van der Waals surface area contributed by atoms with Gasteiger partial charge in [0.05, 0.1) is 0 Å². The molecule has 0 N–H and O–H groups in total. The van der Waals surface area contributed by atoms with Crippen LogP contribution in [0.3, 0.4) is 0 Å². The van der Waals surface area contributed by atoms with E-state index in [9.17, 15) is 22.0 Å². The molecule has 3 atom stereocenters. The number of hydrogen-bond acceptors (Lipinski definition) is 0. The third kappa shape index (κ3) is 2.26. The highest BCUT2D eigenvalue weighted by atomic mass is 19.4. The molecular formula is C10H15F5. The lowest BCUT2D eigenvalue weighted by atomic mass is 9.70. The second-order valence-corrected chi connectivity index (χ2v) is 4.53. The van der Waals surface area contributed by atoms with Crippen LogP contribution in [0.5, 0.6) is 0 Å². The molecule has 0 heterocycles. The van der Waals surface area contributed by atoms with Gasteiger partial charge in [0, 0.05) is 5.92 Å². The first-order valence-corrected chi connectivity index (χ1v) is 5.12. The van der Waals surface area contributed by atoms with E-state index in [-0.39, 0.29) is 0 Å². The first-order valence-electron chi connectivity index (χ1n) is 5.12. The van der Waals surface area contributed by atoms with E-state index < -0.39 is 29.9 Å². The predicted molar refractivity (Wildman–Crippen MR) is 46.7 cm³/mol. The van der Waals surface area contributed by atoms with Crippen molar-refractivity contribution in [2.75, 3.05) is 0 Å². The SMILES string of the molecule is C[C@@H]1CCC[C@H](C)C1C(F)(F)C(F)(F)F. The summed E-state index contributed by atoms with van der Waals surface area (Å²) in [5.41, 5.74) is 0. The van der Waals surface area contributed by atoms with Gasteiger partial charge in [-0.05, 0) is 11.8 Å². The third-order valence-electron chi connectivity index (χ3n) is 3.34. The normalized spacial score (nSPS) is 34.2. The van der Waals surface area contributed by atoms with E-state index in [0.29, 0.717) is 12.8 Å². The van der Waals surface area contributed by atoms with Gasteiger partial charge in [-0.3, -0.25) is 0 Å². The average Bonchev–Trinajstić information content (AvgIpc) is 2.00. The van der Waals surface area contributed by atoms with Gasteiger partial charge in [-0.25, -0.2) is 0 Å². The monoisotopic (exact) mass is 230 g/mol. The predicted octanol–water partition coefficient (Wildman–Crippen LogP) is 4.26. The van der Waals surface area contributed by atoms with Gasteiger partial charge in [-0.15, -0.1) is 0 Å². The summed E-state index contributed by atoms with van der Waals surface area (Å²) in [5, 5.41) is 0. The second-order valence-electron chi connectivity index (χ2n) is 4.53. The van der Waals surface area contributed by atoms with Crippen molar-refractivity contribution >= 4 is 0 Å². The van der Waals surface area contributed by atoms with Crippen molar-refractivity contribution in [1.82, 2.24) is 0 Å². The van der Waals surface area contributed by atoms with Gasteiger partial charge in [-0.2, -0.15) is 22.0 Å². The van der Waals surface area contributed by atoms with Crippen LogP contribution >= 0.6 is 0 Å². The molecule has 0 spiro atoms.